The minimum atomic E-state index is -4.56. The molecule has 44 heavy (non-hydrogen) atoms. The highest BCUT2D eigenvalue weighted by Gasteiger charge is 2.39. The second-order valence-corrected chi connectivity index (χ2v) is 11.1. The number of aliphatic hydroxyl groups is 3. The number of ether oxygens (including phenoxy) is 3. The van der Waals surface area contributed by atoms with Gasteiger partial charge in [-0.15, -0.1) is 24.7 Å². The Bertz CT molecular complexity index is 1150. The molecule has 0 amide bonds. The molecular weight excluding hydrogens is 577 g/mol. The van der Waals surface area contributed by atoms with Gasteiger partial charge in [-0.1, -0.05) is 24.3 Å². The number of aliphatic hydroxyl groups excluding tert-OH is 3. The van der Waals surface area contributed by atoms with Gasteiger partial charge in [0.2, 0.25) is 0 Å². The topological polar surface area (TPSA) is 105 Å². The Kier molecular flexibility index (Phi) is 15.5. The fourth-order valence-electron chi connectivity index (χ4n) is 4.96. The molecule has 1 unspecified atom stereocenters. The van der Waals surface area contributed by atoms with Crippen molar-refractivity contribution in [2.45, 2.75) is 95.7 Å². The fourth-order valence-corrected chi connectivity index (χ4v) is 4.96. The summed E-state index contributed by atoms with van der Waals surface area (Å²) in [5, 5.41) is 31.1. The van der Waals surface area contributed by atoms with Crippen molar-refractivity contribution in [3.63, 3.8) is 0 Å². The number of carbonyl (C=O) groups excluding carboxylic acids is 1. The lowest BCUT2D eigenvalue weighted by Crippen LogP contribution is -2.28. The summed E-state index contributed by atoms with van der Waals surface area (Å²) < 4.78 is 56.0. The van der Waals surface area contributed by atoms with Gasteiger partial charge in [-0.25, -0.2) is 0 Å². The smallest absolute Gasteiger partial charge is 0.416 e. The van der Waals surface area contributed by atoms with Gasteiger partial charge in [0.15, 0.2) is 12.4 Å². The molecule has 3 N–H and O–H groups in total. The quantitative estimate of drug-likeness (QED) is 0.0701. The summed E-state index contributed by atoms with van der Waals surface area (Å²) in [7, 11) is 0. The van der Waals surface area contributed by atoms with Crippen LogP contribution >= 0.6 is 0 Å². The molecule has 0 radical (unpaired) electrons. The molecule has 1 aromatic rings. The largest absolute Gasteiger partial charge is 0.489 e. The van der Waals surface area contributed by atoms with Crippen LogP contribution in [0.5, 0.6) is 5.75 Å². The van der Waals surface area contributed by atoms with Crippen LogP contribution in [0.15, 0.2) is 48.6 Å². The molecular formula is C34H43F3O7. The molecule has 1 aromatic carbocycles. The molecule has 1 saturated carbocycles. The summed E-state index contributed by atoms with van der Waals surface area (Å²) in [6.45, 7) is 3.38. The standard InChI is InChI=1S/C34H43F3O7/c1-5-12-24(13-6-2)33(41)44-27(22-42-26-15-11-14-25(20-26)34(35,36)37)18-19-29-28(30(38)21-31(29)39)16-9-7-8-10-17-32(40)43-23(3)4/h1-2,7,9,11,14-15,18-20,23-24,27-32,38-40H,8,10,12-13,16-17,21-22H2,3-4H3/b9-7-,19-18+/t27-,28-,29-,30+,31-,32?/m1/s1. The van der Waals surface area contributed by atoms with E-state index in [2.05, 4.69) is 11.8 Å². The van der Waals surface area contributed by atoms with E-state index in [0.29, 0.717) is 25.7 Å². The van der Waals surface area contributed by atoms with Crippen molar-refractivity contribution in [3.8, 4) is 30.4 Å². The van der Waals surface area contributed by atoms with Gasteiger partial charge >= 0.3 is 12.1 Å². The highest BCUT2D eigenvalue weighted by atomic mass is 19.4. The number of halogens is 3. The maximum Gasteiger partial charge on any atom is 0.416 e. The Hall–Kier alpha value is -3.28. The average Bonchev–Trinajstić information content (AvgIpc) is 3.22. The predicted molar refractivity (Wildman–Crippen MR) is 160 cm³/mol. The first-order chi connectivity index (χ1) is 20.8. The van der Waals surface area contributed by atoms with Crippen molar-refractivity contribution in [1.29, 1.82) is 0 Å². The van der Waals surface area contributed by atoms with Gasteiger partial charge in [0.1, 0.15) is 12.4 Å². The van der Waals surface area contributed by atoms with Gasteiger partial charge in [-0.05, 0) is 69.7 Å². The highest BCUT2D eigenvalue weighted by molar-refractivity contribution is 5.73. The minimum Gasteiger partial charge on any atom is -0.489 e. The normalized spacial score (nSPS) is 21.9. The SMILES string of the molecule is C#CCC(CC#C)C(=O)O[C@H](/C=C/[C@@H]1[C@@H](C/C=C\CCCC(O)OC(C)C)[C@@H](O)C[C@H]1O)COc1cccc(C(F)(F)F)c1. The number of allylic oxidation sites excluding steroid dienone is 2. The monoisotopic (exact) mass is 620 g/mol. The number of unbranched alkanes of at least 4 members (excludes halogenated alkanes) is 1. The molecule has 10 heteroatoms. The number of terminal acetylenes is 2. The predicted octanol–water partition coefficient (Wildman–Crippen LogP) is 5.43. The number of hydrogen-bond donors (Lipinski definition) is 3. The van der Waals surface area contributed by atoms with E-state index >= 15 is 0 Å². The number of rotatable bonds is 17. The molecule has 6 atom stereocenters. The fraction of sp³-hybridized carbons (Fsp3) is 0.559. The van der Waals surface area contributed by atoms with Crippen molar-refractivity contribution >= 4 is 5.97 Å². The molecule has 242 valence electrons. The molecule has 1 fully saturated rings. The molecule has 1 aliphatic carbocycles. The average molecular weight is 621 g/mol. The van der Waals surface area contributed by atoms with Crippen molar-refractivity contribution in [2.75, 3.05) is 6.61 Å². The maximum atomic E-state index is 13.2. The molecule has 7 nitrogen and oxygen atoms in total. The van der Waals surface area contributed by atoms with E-state index in [4.69, 9.17) is 27.1 Å². The van der Waals surface area contributed by atoms with Crippen LogP contribution in [0.1, 0.15) is 64.4 Å². The number of benzene rings is 1. The first-order valence-corrected chi connectivity index (χ1v) is 14.8. The van der Waals surface area contributed by atoms with Crippen LogP contribution in [0.25, 0.3) is 0 Å². The molecule has 0 bridgehead atoms. The Morgan fingerprint density at radius 3 is 2.48 bits per heavy atom. The first-order valence-electron chi connectivity index (χ1n) is 14.8. The molecule has 0 aromatic heterocycles. The van der Waals surface area contributed by atoms with Crippen LogP contribution in [0, 0.1) is 42.4 Å². The first kappa shape index (κ1) is 36.9. The van der Waals surface area contributed by atoms with E-state index in [0.717, 1.165) is 12.1 Å². The number of esters is 1. The van der Waals surface area contributed by atoms with Gasteiger partial charge in [-0.3, -0.25) is 4.79 Å². The van der Waals surface area contributed by atoms with Crippen LogP contribution in [-0.4, -0.2) is 58.6 Å². The van der Waals surface area contributed by atoms with E-state index in [-0.39, 0.29) is 43.6 Å². The van der Waals surface area contributed by atoms with Gasteiger partial charge in [-0.2, -0.15) is 13.2 Å². The maximum absolute atomic E-state index is 13.2. The van der Waals surface area contributed by atoms with Gasteiger partial charge < -0.3 is 29.5 Å². The van der Waals surface area contributed by atoms with Crippen molar-refractivity contribution in [1.82, 2.24) is 0 Å². The summed E-state index contributed by atoms with van der Waals surface area (Å²) in [6.07, 6.45) is 12.2. The lowest BCUT2D eigenvalue weighted by atomic mass is 9.89. The molecule has 1 aliphatic rings. The van der Waals surface area contributed by atoms with Crippen LogP contribution in [0.2, 0.25) is 0 Å². The van der Waals surface area contributed by atoms with Gasteiger partial charge in [0, 0.05) is 25.2 Å². The van der Waals surface area contributed by atoms with Crippen molar-refractivity contribution in [2.24, 2.45) is 17.8 Å². The van der Waals surface area contributed by atoms with E-state index < -0.39 is 54.1 Å². The zero-order valence-corrected chi connectivity index (χ0v) is 25.2. The van der Waals surface area contributed by atoms with E-state index in [1.165, 1.54) is 18.2 Å². The van der Waals surface area contributed by atoms with Crippen LogP contribution in [0.3, 0.4) is 0 Å². The van der Waals surface area contributed by atoms with E-state index in [1.54, 1.807) is 6.08 Å². The van der Waals surface area contributed by atoms with E-state index in [1.807, 2.05) is 26.0 Å². The zero-order chi connectivity index (χ0) is 32.7. The van der Waals surface area contributed by atoms with Gasteiger partial charge in [0.25, 0.3) is 0 Å². The molecule has 0 saturated heterocycles. The third kappa shape index (κ3) is 12.8. The lowest BCUT2D eigenvalue weighted by Gasteiger charge is -2.22. The molecule has 2 rings (SSSR count). The van der Waals surface area contributed by atoms with Crippen LogP contribution in [0.4, 0.5) is 13.2 Å². The third-order valence-electron chi connectivity index (χ3n) is 7.19. The summed E-state index contributed by atoms with van der Waals surface area (Å²) in [6, 6.07) is 4.33. The summed E-state index contributed by atoms with van der Waals surface area (Å²) in [5.41, 5.74) is -0.888. The Labute approximate surface area is 258 Å². The molecule has 0 aliphatic heterocycles. The summed E-state index contributed by atoms with van der Waals surface area (Å²) in [5.74, 6) is 2.43. The summed E-state index contributed by atoms with van der Waals surface area (Å²) in [4.78, 5) is 12.9. The number of hydrogen-bond acceptors (Lipinski definition) is 7. The Morgan fingerprint density at radius 2 is 1.84 bits per heavy atom. The Balaban J connectivity index is 2.13. The third-order valence-corrected chi connectivity index (χ3v) is 7.19. The second kappa shape index (κ2) is 18.5. The van der Waals surface area contributed by atoms with Gasteiger partial charge in [0.05, 0.1) is 29.8 Å². The molecule has 0 heterocycles. The zero-order valence-electron chi connectivity index (χ0n) is 25.2. The summed E-state index contributed by atoms with van der Waals surface area (Å²) >= 11 is 0. The lowest BCUT2D eigenvalue weighted by molar-refractivity contribution is -0.152. The Morgan fingerprint density at radius 1 is 1.14 bits per heavy atom. The van der Waals surface area contributed by atoms with Crippen molar-refractivity contribution in [3.05, 3.63) is 54.1 Å². The van der Waals surface area contributed by atoms with Crippen LogP contribution < -0.4 is 4.74 Å². The number of alkyl halides is 3. The number of carbonyl (C=O) groups is 1. The minimum absolute atomic E-state index is 0.0413. The second-order valence-electron chi connectivity index (χ2n) is 11.1. The highest BCUT2D eigenvalue weighted by Crippen LogP contribution is 2.36. The van der Waals surface area contributed by atoms with Crippen molar-refractivity contribution < 1.29 is 47.5 Å². The molecule has 0 spiro atoms. The van der Waals surface area contributed by atoms with E-state index in [9.17, 15) is 33.3 Å². The van der Waals surface area contributed by atoms with Crippen LogP contribution in [-0.2, 0) is 20.4 Å².